The third-order valence-electron chi connectivity index (χ3n) is 6.36. The third-order valence-corrected chi connectivity index (χ3v) is 6.36. The summed E-state index contributed by atoms with van der Waals surface area (Å²) in [6.45, 7) is 0. The molecule has 182 valence electrons. The molecule has 0 spiro atoms. The van der Waals surface area contributed by atoms with Crippen LogP contribution in [0.4, 0.5) is 0 Å². The number of H-pyrrole nitrogens is 2. The molecule has 4 aromatic heterocycles. The van der Waals surface area contributed by atoms with Gasteiger partial charge in [0, 0.05) is 41.0 Å². The van der Waals surface area contributed by atoms with E-state index in [1.165, 1.54) is 23.2 Å². The number of fused-ring (bicyclic) bond motifs is 2. The quantitative estimate of drug-likeness (QED) is 0.338. The van der Waals surface area contributed by atoms with Crippen LogP contribution < -0.4 is 22.5 Å². The lowest BCUT2D eigenvalue weighted by atomic mass is 10.1. The van der Waals surface area contributed by atoms with E-state index in [1.54, 1.807) is 14.1 Å². The van der Waals surface area contributed by atoms with E-state index in [-0.39, 0.29) is 22.5 Å². The highest BCUT2D eigenvalue weighted by Crippen LogP contribution is 2.12. The summed E-state index contributed by atoms with van der Waals surface area (Å²) in [4.78, 5) is 63.6. The van der Waals surface area contributed by atoms with Crippen LogP contribution in [0, 0.1) is 0 Å². The molecule has 12 nitrogen and oxygen atoms in total. The van der Waals surface area contributed by atoms with Crippen LogP contribution in [0.2, 0.25) is 0 Å². The fourth-order valence-corrected chi connectivity index (χ4v) is 4.28. The molecule has 0 bridgehead atoms. The molecule has 2 N–H and O–H groups in total. The Morgan fingerprint density at radius 3 is 1.29 bits per heavy atom. The highest BCUT2D eigenvalue weighted by Gasteiger charge is 2.14. The topological polar surface area (TPSA) is 145 Å². The second-order valence-electron chi connectivity index (χ2n) is 8.80. The van der Waals surface area contributed by atoms with Crippen molar-refractivity contribution >= 4 is 22.3 Å². The number of unbranched alkanes of at least 4 members (excludes halogenated alkanes) is 5. The lowest BCUT2D eigenvalue weighted by molar-refractivity contribution is 0.586. The molecule has 0 saturated carbocycles. The molecule has 34 heavy (non-hydrogen) atoms. The van der Waals surface area contributed by atoms with Crippen LogP contribution in [-0.4, -0.2) is 38.2 Å². The Kier molecular flexibility index (Phi) is 6.40. The fourth-order valence-electron chi connectivity index (χ4n) is 4.28. The maximum atomic E-state index is 12.2. The van der Waals surface area contributed by atoms with Gasteiger partial charge in [-0.05, 0) is 12.8 Å². The molecule has 0 aliphatic heterocycles. The van der Waals surface area contributed by atoms with Crippen molar-refractivity contribution in [2.24, 2.45) is 28.2 Å². The second-order valence-corrected chi connectivity index (χ2v) is 8.80. The molecule has 0 amide bonds. The van der Waals surface area contributed by atoms with E-state index < -0.39 is 0 Å². The van der Waals surface area contributed by atoms with E-state index >= 15 is 0 Å². The maximum Gasteiger partial charge on any atom is 0.332 e. The summed E-state index contributed by atoms with van der Waals surface area (Å²) in [7, 11) is 6.14. The molecule has 0 unspecified atom stereocenters. The number of nitrogens with zero attached hydrogens (tertiary/aromatic N) is 6. The van der Waals surface area contributed by atoms with Gasteiger partial charge in [0.2, 0.25) is 0 Å². The summed E-state index contributed by atoms with van der Waals surface area (Å²) in [6.07, 6.45) is 7.56. The average molecular weight is 471 g/mol. The van der Waals surface area contributed by atoms with Gasteiger partial charge in [-0.15, -0.1) is 0 Å². The zero-order chi connectivity index (χ0) is 24.6. The van der Waals surface area contributed by atoms with Gasteiger partial charge >= 0.3 is 11.4 Å². The van der Waals surface area contributed by atoms with E-state index in [0.717, 1.165) is 72.1 Å². The molecule has 0 saturated heterocycles. The van der Waals surface area contributed by atoms with Crippen LogP contribution in [-0.2, 0) is 41.0 Å². The lowest BCUT2D eigenvalue weighted by Crippen LogP contribution is -2.36. The SMILES string of the molecule is Cn1c(=O)c2[nH]c(CCCCCCCCc3nc4c([nH]3)c(=O)n(C)c(=O)n4C)nc2n(C)c1=O. The molecule has 4 heterocycles. The Bertz CT molecular complexity index is 1470. The predicted molar refractivity (Wildman–Crippen MR) is 128 cm³/mol. The number of aryl methyl sites for hydroxylation is 4. The van der Waals surface area contributed by atoms with Gasteiger partial charge in [0.1, 0.15) is 22.7 Å². The predicted octanol–water partition coefficient (Wildman–Crippen LogP) is 0.360. The molecule has 0 atom stereocenters. The number of nitrogens with one attached hydrogen (secondary N) is 2. The van der Waals surface area contributed by atoms with Gasteiger partial charge in [-0.25, -0.2) is 19.6 Å². The maximum absolute atomic E-state index is 12.2. The van der Waals surface area contributed by atoms with Crippen LogP contribution in [0.15, 0.2) is 19.2 Å². The zero-order valence-corrected chi connectivity index (χ0v) is 20.0. The van der Waals surface area contributed by atoms with E-state index in [1.807, 2.05) is 0 Å². The summed E-state index contributed by atoms with van der Waals surface area (Å²) in [5.41, 5.74) is 0.0339. The van der Waals surface area contributed by atoms with Crippen LogP contribution in [0.1, 0.15) is 50.2 Å². The molecule has 12 heteroatoms. The summed E-state index contributed by atoms with van der Waals surface area (Å²) >= 11 is 0. The lowest BCUT2D eigenvalue weighted by Gasteiger charge is -2.01. The van der Waals surface area contributed by atoms with Gasteiger partial charge < -0.3 is 9.97 Å². The van der Waals surface area contributed by atoms with Crippen molar-refractivity contribution in [1.82, 2.24) is 38.2 Å². The van der Waals surface area contributed by atoms with Gasteiger partial charge in [-0.1, -0.05) is 25.7 Å². The molecule has 0 fully saturated rings. The monoisotopic (exact) mass is 470 g/mol. The van der Waals surface area contributed by atoms with Gasteiger partial charge in [0.15, 0.2) is 11.3 Å². The first kappa shape index (κ1) is 23.5. The summed E-state index contributed by atoms with van der Waals surface area (Å²) in [5.74, 6) is 1.44. The smallest absolute Gasteiger partial charge is 0.332 e. The third kappa shape index (κ3) is 4.15. The average Bonchev–Trinajstić information content (AvgIpc) is 3.45. The molecular weight excluding hydrogens is 440 g/mol. The Morgan fingerprint density at radius 1 is 0.559 bits per heavy atom. The Morgan fingerprint density at radius 2 is 0.912 bits per heavy atom. The zero-order valence-electron chi connectivity index (χ0n) is 20.0. The van der Waals surface area contributed by atoms with Crippen molar-refractivity contribution in [2.75, 3.05) is 0 Å². The van der Waals surface area contributed by atoms with E-state index in [2.05, 4.69) is 19.9 Å². The van der Waals surface area contributed by atoms with Gasteiger partial charge in [0.25, 0.3) is 11.1 Å². The molecule has 0 aliphatic rings. The number of aromatic nitrogens is 8. The molecular formula is C22H30N8O4. The number of hydrogen-bond donors (Lipinski definition) is 2. The van der Waals surface area contributed by atoms with Crippen molar-refractivity contribution in [2.45, 2.75) is 51.4 Å². The van der Waals surface area contributed by atoms with Crippen LogP contribution in [0.3, 0.4) is 0 Å². The summed E-state index contributed by atoms with van der Waals surface area (Å²) in [6, 6.07) is 0. The van der Waals surface area contributed by atoms with Gasteiger partial charge in [0.05, 0.1) is 0 Å². The first-order chi connectivity index (χ1) is 16.2. The number of rotatable bonds is 9. The summed E-state index contributed by atoms with van der Waals surface area (Å²) < 4.78 is 4.93. The Balaban J connectivity index is 1.23. The normalized spacial score (nSPS) is 11.8. The van der Waals surface area contributed by atoms with Crippen LogP contribution >= 0.6 is 0 Å². The van der Waals surface area contributed by atoms with E-state index in [4.69, 9.17) is 0 Å². The largest absolute Gasteiger partial charge is 0.336 e. The highest BCUT2D eigenvalue weighted by molar-refractivity contribution is 5.70. The van der Waals surface area contributed by atoms with Crippen molar-refractivity contribution in [1.29, 1.82) is 0 Å². The van der Waals surface area contributed by atoms with Crippen molar-refractivity contribution in [3.8, 4) is 0 Å². The van der Waals surface area contributed by atoms with Crippen molar-refractivity contribution in [3.05, 3.63) is 53.3 Å². The van der Waals surface area contributed by atoms with Gasteiger partial charge in [-0.3, -0.25) is 27.9 Å². The first-order valence-corrected chi connectivity index (χ1v) is 11.5. The van der Waals surface area contributed by atoms with E-state index in [9.17, 15) is 19.2 Å². The van der Waals surface area contributed by atoms with E-state index in [0.29, 0.717) is 22.3 Å². The van der Waals surface area contributed by atoms with Crippen molar-refractivity contribution in [3.63, 3.8) is 0 Å². The Labute approximate surface area is 193 Å². The van der Waals surface area contributed by atoms with Crippen LogP contribution in [0.5, 0.6) is 0 Å². The molecule has 0 radical (unpaired) electrons. The van der Waals surface area contributed by atoms with Crippen molar-refractivity contribution < 1.29 is 0 Å². The molecule has 0 aromatic carbocycles. The minimum absolute atomic E-state index is 0.358. The first-order valence-electron chi connectivity index (χ1n) is 11.5. The minimum Gasteiger partial charge on any atom is -0.336 e. The molecule has 0 aliphatic carbocycles. The minimum atomic E-state index is -0.385. The second kappa shape index (κ2) is 9.27. The summed E-state index contributed by atoms with van der Waals surface area (Å²) in [5, 5.41) is 0. The Hall–Kier alpha value is -3.70. The van der Waals surface area contributed by atoms with Crippen LogP contribution in [0.25, 0.3) is 22.3 Å². The standard InChI is InChI=1S/C22H30N8O4/c1-27-17-15(19(31)29(3)21(27)33)23-13(25-17)11-9-7-5-6-8-10-12-14-24-16-18(26-14)28(2)22(34)30(4)20(16)32/h5-12H2,1-4H3,(H,23,25)(H,24,26). The highest BCUT2D eigenvalue weighted by atomic mass is 16.2. The number of imidazole rings is 2. The molecule has 4 aromatic rings. The number of hydrogen-bond acceptors (Lipinski definition) is 6. The molecule has 4 rings (SSSR count). The van der Waals surface area contributed by atoms with Gasteiger partial charge in [-0.2, -0.15) is 0 Å². The fraction of sp³-hybridized carbons (Fsp3) is 0.545. The number of aromatic amines is 2.